The van der Waals surface area contributed by atoms with Crippen LogP contribution in [-0.4, -0.2) is 36.3 Å². The zero-order valence-corrected chi connectivity index (χ0v) is 21.8. The van der Waals surface area contributed by atoms with Crippen LogP contribution in [0.15, 0.2) is 23.4 Å². The second kappa shape index (κ2) is 10.7. The maximum absolute atomic E-state index is 14.4. The van der Waals surface area contributed by atoms with E-state index in [1.165, 1.54) is 6.07 Å². The molecular formula is C24H20Cl2F6N2O3S. The van der Waals surface area contributed by atoms with Crippen molar-refractivity contribution < 1.29 is 40.8 Å². The maximum Gasteiger partial charge on any atom is 0.435 e. The van der Waals surface area contributed by atoms with Crippen molar-refractivity contribution >= 4 is 51.9 Å². The number of oxime groups is 1. The Morgan fingerprint density at radius 1 is 1.00 bits per heavy atom. The van der Waals surface area contributed by atoms with Gasteiger partial charge in [-0.3, -0.25) is 9.59 Å². The van der Waals surface area contributed by atoms with Crippen LogP contribution in [0.2, 0.25) is 10.0 Å². The zero-order valence-electron chi connectivity index (χ0n) is 19.5. The van der Waals surface area contributed by atoms with Gasteiger partial charge in [-0.15, -0.1) is 11.3 Å². The van der Waals surface area contributed by atoms with Crippen molar-refractivity contribution in [3.8, 4) is 0 Å². The maximum atomic E-state index is 14.4. The van der Waals surface area contributed by atoms with Crippen molar-refractivity contribution in [3.05, 3.63) is 54.7 Å². The molecule has 2 heterocycles. The Labute approximate surface area is 227 Å². The van der Waals surface area contributed by atoms with Gasteiger partial charge in [-0.05, 0) is 55.0 Å². The smallest absolute Gasteiger partial charge is 0.374 e. The van der Waals surface area contributed by atoms with E-state index in [0.29, 0.717) is 28.8 Å². The van der Waals surface area contributed by atoms with Gasteiger partial charge >= 0.3 is 12.4 Å². The van der Waals surface area contributed by atoms with Gasteiger partial charge in [0, 0.05) is 28.5 Å². The number of Topliss-reactive ketones (excluding diaryl/α,β-unsaturated/α-hetero) is 1. The fourth-order valence-electron chi connectivity index (χ4n) is 4.53. The number of ketones is 1. The Balaban J connectivity index is 1.60. The highest BCUT2D eigenvalue weighted by Gasteiger charge is 2.62. The van der Waals surface area contributed by atoms with Gasteiger partial charge in [0.05, 0.1) is 16.2 Å². The molecule has 4 rings (SSSR count). The fourth-order valence-corrected chi connectivity index (χ4v) is 6.40. The molecule has 0 saturated carbocycles. The molecule has 14 heteroatoms. The van der Waals surface area contributed by atoms with E-state index < -0.39 is 49.0 Å². The van der Waals surface area contributed by atoms with Crippen LogP contribution in [0.1, 0.15) is 63.3 Å². The number of halogens is 8. The van der Waals surface area contributed by atoms with Crippen molar-refractivity contribution in [2.24, 2.45) is 5.16 Å². The number of hydrogen-bond acceptors (Lipinski definition) is 5. The number of alkyl halides is 6. The number of amides is 1. The molecule has 1 aliphatic carbocycles. The molecule has 1 unspecified atom stereocenters. The molecule has 0 fully saturated rings. The van der Waals surface area contributed by atoms with Crippen molar-refractivity contribution in [3.63, 3.8) is 0 Å². The molecular weight excluding hydrogens is 581 g/mol. The molecule has 38 heavy (non-hydrogen) atoms. The summed E-state index contributed by atoms with van der Waals surface area (Å²) in [6.07, 6.45) is -8.39. The minimum Gasteiger partial charge on any atom is -0.374 e. The highest BCUT2D eigenvalue weighted by Crippen LogP contribution is 2.51. The summed E-state index contributed by atoms with van der Waals surface area (Å²) in [5.74, 6) is -1.39. The number of fused-ring (bicyclic) bond motifs is 1. The van der Waals surface area contributed by atoms with E-state index in [1.54, 1.807) is 5.32 Å². The summed E-state index contributed by atoms with van der Waals surface area (Å²) in [6, 6.07) is 3.52. The number of nitrogens with zero attached hydrogens (tertiary/aromatic N) is 1. The molecule has 5 nitrogen and oxygen atoms in total. The van der Waals surface area contributed by atoms with E-state index in [2.05, 4.69) is 5.16 Å². The van der Waals surface area contributed by atoms with Crippen LogP contribution in [0.25, 0.3) is 0 Å². The molecule has 1 N–H and O–H groups in total. The van der Waals surface area contributed by atoms with Gasteiger partial charge in [-0.2, -0.15) is 26.3 Å². The standard InChI is InChI=1S/C24H20Cl2F6N2O3S/c25-13-7-12(8-14(26)9-13)22(24(30,31)32)10-17(34-37-22)20-15-3-1-2-4-16(15)21(38-20)18(35)5-6-19(36)33-11-23(27,28)29/h7-9H,1-6,10-11H2,(H,33,36). The highest BCUT2D eigenvalue weighted by atomic mass is 35.5. The predicted molar refractivity (Wildman–Crippen MR) is 130 cm³/mol. The largest absolute Gasteiger partial charge is 0.435 e. The summed E-state index contributed by atoms with van der Waals surface area (Å²) in [5.41, 5.74) is -1.75. The van der Waals surface area contributed by atoms with E-state index in [4.69, 9.17) is 28.0 Å². The fraction of sp³-hybridized carbons (Fsp3) is 0.458. The molecule has 1 aromatic heterocycles. The molecule has 0 saturated heterocycles. The number of carbonyl (C=O) groups excluding carboxylic acids is 2. The number of hydrogen-bond donors (Lipinski definition) is 1. The minimum atomic E-state index is -4.88. The van der Waals surface area contributed by atoms with Crippen LogP contribution in [0.3, 0.4) is 0 Å². The van der Waals surface area contributed by atoms with Crippen LogP contribution in [0.5, 0.6) is 0 Å². The summed E-state index contributed by atoms with van der Waals surface area (Å²) in [7, 11) is 0. The van der Waals surface area contributed by atoms with Gasteiger partial charge in [0.25, 0.3) is 5.60 Å². The van der Waals surface area contributed by atoms with E-state index in [1.807, 2.05) is 0 Å². The van der Waals surface area contributed by atoms with Crippen molar-refractivity contribution in [1.82, 2.24) is 5.32 Å². The summed E-state index contributed by atoms with van der Waals surface area (Å²) in [5, 5.41) is 5.51. The van der Waals surface area contributed by atoms with Crippen molar-refractivity contribution in [2.45, 2.75) is 62.9 Å². The number of carbonyl (C=O) groups is 2. The summed E-state index contributed by atoms with van der Waals surface area (Å²) < 4.78 is 80.1. The molecule has 1 aromatic carbocycles. The van der Waals surface area contributed by atoms with Crippen LogP contribution in [-0.2, 0) is 28.1 Å². The monoisotopic (exact) mass is 600 g/mol. The zero-order chi connectivity index (χ0) is 27.9. The van der Waals surface area contributed by atoms with Crippen LogP contribution in [0.4, 0.5) is 26.3 Å². The highest BCUT2D eigenvalue weighted by molar-refractivity contribution is 7.16. The topological polar surface area (TPSA) is 67.8 Å². The Morgan fingerprint density at radius 2 is 1.63 bits per heavy atom. The Hall–Kier alpha value is -2.31. The first kappa shape index (κ1) is 28.7. The van der Waals surface area contributed by atoms with Gasteiger partial charge in [0.1, 0.15) is 12.3 Å². The quantitative estimate of drug-likeness (QED) is 0.271. The molecule has 2 aliphatic rings. The number of thiophene rings is 1. The minimum absolute atomic E-state index is 0.00571. The summed E-state index contributed by atoms with van der Waals surface area (Å²) in [6.45, 7) is -1.50. The lowest BCUT2D eigenvalue weighted by molar-refractivity contribution is -0.275. The number of rotatable bonds is 7. The molecule has 0 bridgehead atoms. The van der Waals surface area contributed by atoms with Gasteiger partial charge in [0.15, 0.2) is 5.78 Å². The normalized spacial score (nSPS) is 19.5. The average Bonchev–Trinajstić information content (AvgIpc) is 3.43. The van der Waals surface area contributed by atoms with Crippen LogP contribution < -0.4 is 5.32 Å². The summed E-state index contributed by atoms with van der Waals surface area (Å²) in [4.78, 5) is 30.5. The molecule has 0 radical (unpaired) electrons. The van der Waals surface area contributed by atoms with Gasteiger partial charge < -0.3 is 10.2 Å². The first-order valence-electron chi connectivity index (χ1n) is 11.5. The van der Waals surface area contributed by atoms with Gasteiger partial charge in [0.2, 0.25) is 5.91 Å². The average molecular weight is 601 g/mol. The third-order valence-corrected chi connectivity index (χ3v) is 8.12. The molecule has 1 aliphatic heterocycles. The molecule has 0 spiro atoms. The summed E-state index contributed by atoms with van der Waals surface area (Å²) >= 11 is 12.9. The van der Waals surface area contributed by atoms with E-state index in [-0.39, 0.29) is 32.6 Å². The predicted octanol–water partition coefficient (Wildman–Crippen LogP) is 7.16. The lowest BCUT2D eigenvalue weighted by Gasteiger charge is -2.29. The van der Waals surface area contributed by atoms with Crippen molar-refractivity contribution in [2.75, 3.05) is 6.54 Å². The lowest BCUT2D eigenvalue weighted by Crippen LogP contribution is -2.42. The van der Waals surface area contributed by atoms with Gasteiger partial charge in [-0.1, -0.05) is 28.4 Å². The van der Waals surface area contributed by atoms with E-state index in [9.17, 15) is 35.9 Å². The van der Waals surface area contributed by atoms with E-state index in [0.717, 1.165) is 36.3 Å². The van der Waals surface area contributed by atoms with Crippen molar-refractivity contribution in [1.29, 1.82) is 0 Å². The number of nitrogens with one attached hydrogen (secondary N) is 1. The second-order valence-electron chi connectivity index (χ2n) is 9.03. The molecule has 2 aromatic rings. The SMILES string of the molecule is O=C(CCC(=O)c1sc(C2=NOC(c3cc(Cl)cc(Cl)c3)(C(F)(F)F)C2)c2c1CCCC2)NCC(F)(F)F. The third-order valence-electron chi connectivity index (χ3n) is 6.32. The van der Waals surface area contributed by atoms with Crippen LogP contribution >= 0.6 is 34.5 Å². The molecule has 1 amide bonds. The Morgan fingerprint density at radius 3 is 2.24 bits per heavy atom. The van der Waals surface area contributed by atoms with E-state index >= 15 is 0 Å². The third kappa shape index (κ3) is 5.96. The molecule has 1 atom stereocenters. The first-order chi connectivity index (χ1) is 17.7. The van der Waals surface area contributed by atoms with Gasteiger partial charge in [-0.25, -0.2) is 0 Å². The number of benzene rings is 1. The second-order valence-corrected chi connectivity index (χ2v) is 10.9. The van der Waals surface area contributed by atoms with Crippen LogP contribution in [0, 0.1) is 0 Å². The lowest BCUT2D eigenvalue weighted by atomic mass is 9.85. The Bertz CT molecular complexity index is 1270. The first-order valence-corrected chi connectivity index (χ1v) is 13.1. The molecule has 206 valence electrons. The Kier molecular flexibility index (Phi) is 8.07.